The summed E-state index contributed by atoms with van der Waals surface area (Å²) >= 11 is 0. The van der Waals surface area contributed by atoms with E-state index in [2.05, 4.69) is 16.6 Å². The third-order valence-corrected chi connectivity index (χ3v) is 3.48. The molecule has 1 atom stereocenters. The Hall–Kier alpha value is -1.70. The van der Waals surface area contributed by atoms with Gasteiger partial charge in [0.05, 0.1) is 12.0 Å². The summed E-state index contributed by atoms with van der Waals surface area (Å²) in [5.41, 5.74) is -0.607. The first kappa shape index (κ1) is 15.4. The topological polar surface area (TPSA) is 78.4 Å². The number of carboxylic acid groups (broad SMARTS) is 1. The summed E-state index contributed by atoms with van der Waals surface area (Å²) in [5.74, 6) is 1.61. The van der Waals surface area contributed by atoms with E-state index in [4.69, 9.17) is 11.5 Å². The lowest BCUT2D eigenvalue weighted by atomic mass is 9.79. The molecule has 0 aromatic heterocycles. The van der Waals surface area contributed by atoms with Crippen LogP contribution in [0.2, 0.25) is 0 Å². The van der Waals surface area contributed by atoms with Crippen molar-refractivity contribution in [3.63, 3.8) is 0 Å². The van der Waals surface area contributed by atoms with Gasteiger partial charge in [0.1, 0.15) is 0 Å². The van der Waals surface area contributed by atoms with Gasteiger partial charge in [0.15, 0.2) is 0 Å². The Morgan fingerprint density at radius 1 is 1.37 bits per heavy atom. The summed E-state index contributed by atoms with van der Waals surface area (Å²) in [5, 5.41) is 14.6. The number of terminal acetylenes is 1. The molecule has 2 amide bonds. The van der Waals surface area contributed by atoms with Crippen LogP contribution >= 0.6 is 0 Å². The molecule has 1 fully saturated rings. The van der Waals surface area contributed by atoms with Crippen LogP contribution in [0.1, 0.15) is 51.9 Å². The first-order valence-electron chi connectivity index (χ1n) is 6.71. The molecule has 1 aliphatic rings. The van der Waals surface area contributed by atoms with E-state index in [9.17, 15) is 9.59 Å². The monoisotopic (exact) mass is 266 g/mol. The van der Waals surface area contributed by atoms with E-state index < -0.39 is 11.5 Å². The quantitative estimate of drug-likeness (QED) is 0.665. The SMILES string of the molecule is C#CCC(C)NC(=O)NC1(CC(=O)O)CCCCC1. The molecule has 1 rings (SSSR count). The number of aliphatic carboxylic acids is 1. The molecule has 3 N–H and O–H groups in total. The third kappa shape index (κ3) is 5.21. The molecule has 0 heterocycles. The molecule has 0 saturated heterocycles. The molecule has 1 unspecified atom stereocenters. The Morgan fingerprint density at radius 2 is 2.00 bits per heavy atom. The van der Waals surface area contributed by atoms with E-state index >= 15 is 0 Å². The van der Waals surface area contributed by atoms with Crippen molar-refractivity contribution in [2.45, 2.75) is 63.5 Å². The molecule has 0 aromatic rings. The van der Waals surface area contributed by atoms with Crippen molar-refractivity contribution in [1.82, 2.24) is 10.6 Å². The number of nitrogens with one attached hydrogen (secondary N) is 2. The highest BCUT2D eigenvalue weighted by molar-refractivity contribution is 5.77. The normalized spacial score (nSPS) is 18.9. The van der Waals surface area contributed by atoms with E-state index in [0.29, 0.717) is 6.42 Å². The summed E-state index contributed by atoms with van der Waals surface area (Å²) in [6, 6.07) is -0.443. The van der Waals surface area contributed by atoms with Crippen molar-refractivity contribution in [3.05, 3.63) is 0 Å². The van der Waals surface area contributed by atoms with Gasteiger partial charge in [-0.25, -0.2) is 4.79 Å². The average Bonchev–Trinajstić information content (AvgIpc) is 2.28. The van der Waals surface area contributed by atoms with Crippen molar-refractivity contribution in [1.29, 1.82) is 0 Å². The van der Waals surface area contributed by atoms with Gasteiger partial charge < -0.3 is 15.7 Å². The number of carbonyl (C=O) groups excluding carboxylic acids is 1. The molecule has 5 heteroatoms. The minimum Gasteiger partial charge on any atom is -0.481 e. The molecule has 0 aromatic carbocycles. The number of carbonyl (C=O) groups is 2. The highest BCUT2D eigenvalue weighted by Crippen LogP contribution is 2.31. The van der Waals surface area contributed by atoms with Gasteiger partial charge in [-0.2, -0.15) is 0 Å². The fraction of sp³-hybridized carbons (Fsp3) is 0.714. The van der Waals surface area contributed by atoms with Crippen molar-refractivity contribution < 1.29 is 14.7 Å². The average molecular weight is 266 g/mol. The van der Waals surface area contributed by atoms with E-state index in [1.54, 1.807) is 0 Å². The highest BCUT2D eigenvalue weighted by Gasteiger charge is 2.35. The summed E-state index contributed by atoms with van der Waals surface area (Å²) in [6.45, 7) is 1.82. The van der Waals surface area contributed by atoms with E-state index in [-0.39, 0.29) is 18.5 Å². The molecule has 0 radical (unpaired) electrons. The van der Waals surface area contributed by atoms with Crippen LogP contribution in [0.5, 0.6) is 0 Å². The molecule has 1 saturated carbocycles. The second-order valence-corrected chi connectivity index (χ2v) is 5.32. The zero-order chi connectivity index (χ0) is 14.3. The molecule has 1 aliphatic carbocycles. The van der Waals surface area contributed by atoms with E-state index in [1.165, 1.54) is 0 Å². The molecule has 0 spiro atoms. The number of hydrogen-bond acceptors (Lipinski definition) is 2. The van der Waals surface area contributed by atoms with Crippen LogP contribution in [0.25, 0.3) is 0 Å². The minimum atomic E-state index is -0.876. The molecule has 19 heavy (non-hydrogen) atoms. The lowest BCUT2D eigenvalue weighted by Crippen LogP contribution is -2.55. The first-order chi connectivity index (χ1) is 8.97. The van der Waals surface area contributed by atoms with Crippen LogP contribution in [0.4, 0.5) is 4.79 Å². The van der Waals surface area contributed by atoms with E-state index in [0.717, 1.165) is 32.1 Å². The number of urea groups is 1. The van der Waals surface area contributed by atoms with Gasteiger partial charge in [0.25, 0.3) is 0 Å². The first-order valence-corrected chi connectivity index (χ1v) is 6.71. The Kier molecular flexibility index (Phi) is 5.68. The molecule has 0 bridgehead atoms. The number of carboxylic acids is 1. The van der Waals surface area contributed by atoms with Crippen LogP contribution in [0.15, 0.2) is 0 Å². The van der Waals surface area contributed by atoms with E-state index in [1.807, 2.05) is 6.92 Å². The van der Waals surface area contributed by atoms with Gasteiger partial charge in [0.2, 0.25) is 0 Å². The maximum atomic E-state index is 11.9. The summed E-state index contributed by atoms with van der Waals surface area (Å²) in [6.07, 6.45) is 10.1. The summed E-state index contributed by atoms with van der Waals surface area (Å²) in [4.78, 5) is 22.9. The van der Waals surface area contributed by atoms with Crippen molar-refractivity contribution in [3.8, 4) is 12.3 Å². The van der Waals surface area contributed by atoms with Crippen LogP contribution in [0, 0.1) is 12.3 Å². The predicted molar refractivity (Wildman–Crippen MR) is 72.6 cm³/mol. The maximum absolute atomic E-state index is 11.9. The highest BCUT2D eigenvalue weighted by atomic mass is 16.4. The molecular formula is C14H22N2O3. The molecule has 0 aliphatic heterocycles. The molecule has 106 valence electrons. The maximum Gasteiger partial charge on any atom is 0.315 e. The predicted octanol–water partition coefficient (Wildman–Crippen LogP) is 1.87. The van der Waals surface area contributed by atoms with Crippen LogP contribution < -0.4 is 10.6 Å². The molecular weight excluding hydrogens is 244 g/mol. The lowest BCUT2D eigenvalue weighted by molar-refractivity contribution is -0.139. The van der Waals surface area contributed by atoms with Gasteiger partial charge in [-0.05, 0) is 19.8 Å². The third-order valence-electron chi connectivity index (χ3n) is 3.48. The fourth-order valence-electron chi connectivity index (χ4n) is 2.59. The zero-order valence-corrected chi connectivity index (χ0v) is 11.4. The number of rotatable bonds is 5. The largest absolute Gasteiger partial charge is 0.481 e. The second kappa shape index (κ2) is 7.03. The summed E-state index contributed by atoms with van der Waals surface area (Å²) in [7, 11) is 0. The summed E-state index contributed by atoms with van der Waals surface area (Å²) < 4.78 is 0. The van der Waals surface area contributed by atoms with Gasteiger partial charge >= 0.3 is 12.0 Å². The van der Waals surface area contributed by atoms with Gasteiger partial charge in [-0.1, -0.05) is 19.3 Å². The number of amides is 2. The minimum absolute atomic E-state index is 0.0239. The standard InChI is InChI=1S/C14H22N2O3/c1-3-7-11(2)15-13(19)16-14(10-12(17)18)8-5-4-6-9-14/h1,11H,4-10H2,2H3,(H,17,18)(H2,15,16,19). The molecule has 5 nitrogen and oxygen atoms in total. The Bertz CT molecular complexity index is 367. The van der Waals surface area contributed by atoms with Crippen LogP contribution in [-0.2, 0) is 4.79 Å². The Morgan fingerprint density at radius 3 is 2.53 bits per heavy atom. The van der Waals surface area contributed by atoms with Crippen LogP contribution in [-0.4, -0.2) is 28.7 Å². The van der Waals surface area contributed by atoms with Crippen molar-refractivity contribution in [2.24, 2.45) is 0 Å². The van der Waals surface area contributed by atoms with Crippen molar-refractivity contribution in [2.75, 3.05) is 0 Å². The smallest absolute Gasteiger partial charge is 0.315 e. The Balaban J connectivity index is 2.59. The van der Waals surface area contributed by atoms with Crippen LogP contribution in [0.3, 0.4) is 0 Å². The number of hydrogen-bond donors (Lipinski definition) is 3. The fourth-order valence-corrected chi connectivity index (χ4v) is 2.59. The van der Waals surface area contributed by atoms with Gasteiger partial charge in [-0.15, -0.1) is 12.3 Å². The second-order valence-electron chi connectivity index (χ2n) is 5.32. The van der Waals surface area contributed by atoms with Gasteiger partial charge in [0, 0.05) is 12.5 Å². The lowest BCUT2D eigenvalue weighted by Gasteiger charge is -2.37. The zero-order valence-electron chi connectivity index (χ0n) is 11.4. The van der Waals surface area contributed by atoms with Crippen molar-refractivity contribution >= 4 is 12.0 Å². The van der Waals surface area contributed by atoms with Gasteiger partial charge in [-0.3, -0.25) is 4.79 Å². The Labute approximate surface area is 114 Å².